The molecule has 0 unspecified atom stereocenters. The minimum atomic E-state index is -0.565. The number of aryl methyl sites for hydroxylation is 2. The van der Waals surface area contributed by atoms with E-state index in [-0.39, 0.29) is 5.78 Å². The lowest BCUT2D eigenvalue weighted by molar-refractivity contribution is -0.402. The fourth-order valence-corrected chi connectivity index (χ4v) is 2.13. The van der Waals surface area contributed by atoms with Gasteiger partial charge in [-0.25, -0.2) is 0 Å². The topological polar surface area (TPSA) is 72.2 Å². The van der Waals surface area contributed by atoms with Crippen molar-refractivity contribution in [3.05, 3.63) is 87.2 Å². The zero-order chi connectivity index (χ0) is 16.1. The number of anilines is 1. The molecule has 2 aromatic carbocycles. The van der Waals surface area contributed by atoms with Gasteiger partial charge in [0.05, 0.1) is 11.1 Å². The van der Waals surface area contributed by atoms with Gasteiger partial charge >= 0.3 is 0 Å². The van der Waals surface area contributed by atoms with Crippen LogP contribution in [0.2, 0.25) is 0 Å². The molecule has 5 nitrogen and oxygen atoms in total. The Balaban J connectivity index is 2.41. The van der Waals surface area contributed by atoms with Gasteiger partial charge < -0.3 is 5.32 Å². The molecule has 0 aromatic heterocycles. The third-order valence-corrected chi connectivity index (χ3v) is 3.24. The van der Waals surface area contributed by atoms with Crippen molar-refractivity contribution >= 4 is 11.5 Å². The van der Waals surface area contributed by atoms with Crippen molar-refractivity contribution in [2.24, 2.45) is 0 Å². The van der Waals surface area contributed by atoms with Crippen molar-refractivity contribution in [2.45, 2.75) is 13.8 Å². The third-order valence-electron chi connectivity index (χ3n) is 3.24. The van der Waals surface area contributed by atoms with Crippen LogP contribution in [0, 0.1) is 24.0 Å². The highest BCUT2D eigenvalue weighted by Crippen LogP contribution is 2.22. The summed E-state index contributed by atoms with van der Waals surface area (Å²) in [5, 5.41) is 13.1. The third kappa shape index (κ3) is 3.58. The number of benzene rings is 2. The molecule has 0 aliphatic rings. The first kappa shape index (κ1) is 15.4. The van der Waals surface area contributed by atoms with Gasteiger partial charge in [0, 0.05) is 16.8 Å². The Hall–Kier alpha value is -2.95. The molecule has 0 saturated carbocycles. The second-order valence-corrected chi connectivity index (χ2v) is 4.94. The van der Waals surface area contributed by atoms with Crippen molar-refractivity contribution in [3.8, 4) is 0 Å². The molecule has 0 atom stereocenters. The highest BCUT2D eigenvalue weighted by atomic mass is 16.6. The van der Waals surface area contributed by atoms with E-state index >= 15 is 0 Å². The first-order chi connectivity index (χ1) is 10.5. The van der Waals surface area contributed by atoms with Crippen molar-refractivity contribution in [1.82, 2.24) is 0 Å². The lowest BCUT2D eigenvalue weighted by atomic mass is 9.96. The van der Waals surface area contributed by atoms with Crippen molar-refractivity contribution < 1.29 is 9.72 Å². The van der Waals surface area contributed by atoms with Gasteiger partial charge in [-0.1, -0.05) is 35.9 Å². The molecular formula is C17H16N2O3. The molecule has 0 spiro atoms. The lowest BCUT2D eigenvalue weighted by Gasteiger charge is -2.11. The summed E-state index contributed by atoms with van der Waals surface area (Å²) in [7, 11) is 0. The van der Waals surface area contributed by atoms with Gasteiger partial charge in [-0.15, -0.1) is 0 Å². The van der Waals surface area contributed by atoms with Crippen LogP contribution in [-0.2, 0) is 0 Å². The van der Waals surface area contributed by atoms with Gasteiger partial charge in [0.1, 0.15) is 0 Å². The maximum absolute atomic E-state index is 12.7. The van der Waals surface area contributed by atoms with Crippen molar-refractivity contribution in [2.75, 3.05) is 5.32 Å². The van der Waals surface area contributed by atoms with Crippen LogP contribution in [0.15, 0.2) is 54.9 Å². The quantitative estimate of drug-likeness (QED) is 0.519. The van der Waals surface area contributed by atoms with Gasteiger partial charge in [-0.2, -0.15) is 0 Å². The summed E-state index contributed by atoms with van der Waals surface area (Å²) in [6.45, 7) is 3.77. The second-order valence-electron chi connectivity index (χ2n) is 4.94. The number of nitrogens with one attached hydrogen (secondary N) is 1. The molecule has 112 valence electrons. The summed E-state index contributed by atoms with van der Waals surface area (Å²) in [6, 6.07) is 12.7. The smallest absolute Gasteiger partial charge is 0.250 e. The monoisotopic (exact) mass is 296 g/mol. The lowest BCUT2D eigenvalue weighted by Crippen LogP contribution is -2.07. The largest absolute Gasteiger partial charge is 0.356 e. The normalized spacial score (nSPS) is 10.6. The number of ketones is 1. The molecule has 0 bridgehead atoms. The number of carbonyl (C=O) groups is 1. The number of nitrogens with zero attached hydrogens (tertiary/aromatic N) is 1. The molecule has 5 heteroatoms. The number of carbonyl (C=O) groups excluding carboxylic acids is 1. The van der Waals surface area contributed by atoms with Crippen molar-refractivity contribution in [1.29, 1.82) is 0 Å². The number of rotatable bonds is 5. The summed E-state index contributed by atoms with van der Waals surface area (Å²) in [5.74, 6) is -0.112. The predicted molar refractivity (Wildman–Crippen MR) is 85.5 cm³/mol. The molecule has 0 fully saturated rings. The van der Waals surface area contributed by atoms with Gasteiger partial charge in [0.15, 0.2) is 5.78 Å². The Labute approximate surface area is 128 Å². The summed E-state index contributed by atoms with van der Waals surface area (Å²) in [6.07, 6.45) is 2.00. The Morgan fingerprint density at radius 2 is 1.86 bits per heavy atom. The standard InChI is InChI=1S/C17H16N2O3/c1-12-7-8-16(18-9-10-19(21)22)15(11-12)17(20)14-6-4-3-5-13(14)2/h3-11,18H,1-2H3. The minimum absolute atomic E-state index is 0.112. The Bertz CT molecular complexity index is 751. The van der Waals surface area contributed by atoms with E-state index in [4.69, 9.17) is 0 Å². The Morgan fingerprint density at radius 1 is 1.14 bits per heavy atom. The zero-order valence-corrected chi connectivity index (χ0v) is 12.4. The van der Waals surface area contributed by atoms with E-state index in [0.29, 0.717) is 16.8 Å². The molecule has 1 N–H and O–H groups in total. The summed E-state index contributed by atoms with van der Waals surface area (Å²) in [5.41, 5.74) is 3.48. The highest BCUT2D eigenvalue weighted by Gasteiger charge is 2.15. The van der Waals surface area contributed by atoms with Crippen LogP contribution in [0.4, 0.5) is 5.69 Å². The first-order valence-corrected chi connectivity index (χ1v) is 6.76. The van der Waals surface area contributed by atoms with Gasteiger partial charge in [-0.3, -0.25) is 14.9 Å². The maximum atomic E-state index is 12.7. The van der Waals surface area contributed by atoms with Crippen molar-refractivity contribution in [3.63, 3.8) is 0 Å². The number of hydrogen-bond donors (Lipinski definition) is 1. The van der Waals surface area contributed by atoms with E-state index in [1.54, 1.807) is 18.2 Å². The zero-order valence-electron chi connectivity index (χ0n) is 12.4. The molecule has 0 amide bonds. The van der Waals surface area contributed by atoms with E-state index in [0.717, 1.165) is 17.3 Å². The molecule has 22 heavy (non-hydrogen) atoms. The molecule has 2 aromatic rings. The van der Waals surface area contributed by atoms with E-state index < -0.39 is 4.92 Å². The number of hydrogen-bond acceptors (Lipinski definition) is 4. The molecular weight excluding hydrogens is 280 g/mol. The summed E-state index contributed by atoms with van der Waals surface area (Å²) >= 11 is 0. The Kier molecular flexibility index (Phi) is 4.68. The fraction of sp³-hybridized carbons (Fsp3) is 0.118. The molecule has 0 heterocycles. The van der Waals surface area contributed by atoms with Gasteiger partial charge in [0.2, 0.25) is 6.20 Å². The van der Waals surface area contributed by atoms with Gasteiger partial charge in [-0.05, 0) is 31.5 Å². The second kappa shape index (κ2) is 6.67. The molecule has 0 aliphatic heterocycles. The maximum Gasteiger partial charge on any atom is 0.250 e. The molecule has 2 rings (SSSR count). The van der Waals surface area contributed by atoms with E-state index in [9.17, 15) is 14.9 Å². The van der Waals surface area contributed by atoms with Crippen LogP contribution in [0.1, 0.15) is 27.0 Å². The molecule has 0 saturated heterocycles. The Morgan fingerprint density at radius 3 is 2.55 bits per heavy atom. The average molecular weight is 296 g/mol. The van der Waals surface area contributed by atoms with E-state index in [2.05, 4.69) is 5.32 Å². The van der Waals surface area contributed by atoms with Gasteiger partial charge in [0.25, 0.3) is 0 Å². The van der Waals surface area contributed by atoms with Crippen LogP contribution in [0.25, 0.3) is 0 Å². The first-order valence-electron chi connectivity index (χ1n) is 6.76. The van der Waals surface area contributed by atoms with E-state index in [1.165, 1.54) is 6.20 Å². The summed E-state index contributed by atoms with van der Waals surface area (Å²) in [4.78, 5) is 22.5. The van der Waals surface area contributed by atoms with Crippen LogP contribution < -0.4 is 5.32 Å². The fourth-order valence-electron chi connectivity index (χ4n) is 2.13. The average Bonchev–Trinajstić information content (AvgIpc) is 2.48. The minimum Gasteiger partial charge on any atom is -0.356 e. The SMILES string of the molecule is Cc1ccc(NC=C[N+](=O)[O-])c(C(=O)c2ccccc2C)c1. The van der Waals surface area contributed by atoms with E-state index in [1.807, 2.05) is 38.1 Å². The highest BCUT2D eigenvalue weighted by molar-refractivity contribution is 6.13. The molecule has 0 aliphatic carbocycles. The van der Waals surface area contributed by atoms with Crippen LogP contribution in [0.5, 0.6) is 0 Å². The number of nitro groups is 1. The van der Waals surface area contributed by atoms with Crippen LogP contribution in [0.3, 0.4) is 0 Å². The summed E-state index contributed by atoms with van der Waals surface area (Å²) < 4.78 is 0. The molecule has 0 radical (unpaired) electrons. The predicted octanol–water partition coefficient (Wildman–Crippen LogP) is 3.69. The van der Waals surface area contributed by atoms with Crippen LogP contribution in [-0.4, -0.2) is 10.7 Å². The van der Waals surface area contributed by atoms with Crippen LogP contribution >= 0.6 is 0 Å².